The number of anilines is 2. The van der Waals surface area contributed by atoms with Crippen molar-refractivity contribution in [3.63, 3.8) is 0 Å². The lowest BCUT2D eigenvalue weighted by Crippen LogP contribution is -2.28. The Labute approximate surface area is 574 Å². The van der Waals surface area contributed by atoms with Gasteiger partial charge in [0.25, 0.3) is 0 Å². The monoisotopic (exact) mass is 1390 g/mol. The summed E-state index contributed by atoms with van der Waals surface area (Å²) in [6, 6.07) is 28.6. The first-order valence-corrected chi connectivity index (χ1v) is 38.5. The maximum absolute atomic E-state index is 11.7. The van der Waals surface area contributed by atoms with Crippen LogP contribution < -0.4 is 16.5 Å². The molecular weight excluding hydrogens is 1250 g/mol. The molecule has 0 fully saturated rings. The number of allylic oxidation sites excluding steroid dienone is 1. The van der Waals surface area contributed by atoms with Crippen LogP contribution in [-0.4, -0.2) is 66.0 Å². The van der Waals surface area contributed by atoms with E-state index in [1.165, 1.54) is 37.1 Å². The molecule has 4 rings (SSSR count). The maximum atomic E-state index is 11.7. The predicted molar refractivity (Wildman–Crippen MR) is 428 cm³/mol. The quantitative estimate of drug-likeness (QED) is 0.0341. The number of carbonyl (C=O) groups excluding carboxylic acids is 5. The van der Waals surface area contributed by atoms with Crippen molar-refractivity contribution < 1.29 is 24.0 Å². The molecular formula is C78H144BIN2O5PS+. The van der Waals surface area contributed by atoms with E-state index < -0.39 is 7.26 Å². The molecule has 89 heavy (non-hydrogen) atoms. The van der Waals surface area contributed by atoms with Crippen molar-refractivity contribution in [2.75, 3.05) is 30.5 Å². The van der Waals surface area contributed by atoms with Gasteiger partial charge < -0.3 is 11.1 Å². The Morgan fingerprint density at radius 1 is 0.573 bits per heavy atom. The summed E-state index contributed by atoms with van der Waals surface area (Å²) in [4.78, 5) is 54.7. The number of hydrogen-bond acceptors (Lipinski definition) is 7. The van der Waals surface area contributed by atoms with Crippen LogP contribution in [0, 0.1) is 21.3 Å². The van der Waals surface area contributed by atoms with Crippen LogP contribution in [0.3, 0.4) is 0 Å². The van der Waals surface area contributed by atoms with Gasteiger partial charge >= 0.3 is 0 Å². The van der Waals surface area contributed by atoms with E-state index in [0.717, 1.165) is 73.1 Å². The molecule has 0 atom stereocenters. The lowest BCUT2D eigenvalue weighted by molar-refractivity contribution is -0.115. The summed E-state index contributed by atoms with van der Waals surface area (Å²) >= 11 is 3.52. The summed E-state index contributed by atoms with van der Waals surface area (Å²) in [5.74, 6) is 4.17. The molecule has 0 saturated heterocycles. The fourth-order valence-corrected chi connectivity index (χ4v) is 8.69. The highest BCUT2D eigenvalue weighted by atomic mass is 127. The summed E-state index contributed by atoms with van der Waals surface area (Å²) in [6.45, 7) is 78.6. The molecule has 0 aliphatic rings. The van der Waals surface area contributed by atoms with Gasteiger partial charge in [0.05, 0.1) is 17.0 Å². The number of aldehydes is 1. The smallest absolute Gasteiger partial charge is 0.221 e. The van der Waals surface area contributed by atoms with Crippen LogP contribution in [0.2, 0.25) is 12.6 Å². The lowest BCUT2D eigenvalue weighted by atomic mass is 9.40. The standard InChI is InChI=1S/C21H23NO2.C10H15B.C10H12INO.C8H18OP.C5H10OS.3C4H10.6C2H6/c1-14(2)19-12-18(11-10-15(3)23)21(22-16(4)24)20(13-19)17-8-6-5-7-9-17;1-9(2)11(3)10-7-5-4-6-8-10;1-6(2)7-3-8(5-13)10(12)9(11)4-7;1-7(2)10(4,5)6-8(3)9;1-4(2)7-5(3)6;3*1-4(2)3;6*1-2/h5-14H,1-4H3,(H,22,24);4-9H,1-3H3;3-6H,12H2,1-2H3;7H,6H2,1-5H3;4H,1-3H3;3*4H,1-3H3;6*1-2H3/q;;;+1;;;;;;;;;;/b11-10+;;;;;;;;;;;;;. The summed E-state index contributed by atoms with van der Waals surface area (Å²) in [7, 11) is -0.920. The molecule has 0 radical (unpaired) electrons. The fraction of sp³-hybridized carbons (Fsp3) is 0.603. The Balaban J connectivity index is -0.000000105. The number of amides is 1. The topological polar surface area (TPSA) is 123 Å². The molecule has 1 amide bonds. The number of nitrogen functional groups attached to an aromatic ring is 1. The predicted octanol–water partition coefficient (Wildman–Crippen LogP) is 25.4. The van der Waals surface area contributed by atoms with E-state index >= 15 is 0 Å². The summed E-state index contributed by atoms with van der Waals surface area (Å²) < 4.78 is 0.950. The van der Waals surface area contributed by atoms with Crippen LogP contribution >= 0.6 is 41.6 Å². The number of nitrogens with one attached hydrogen (secondary N) is 1. The molecule has 7 nitrogen and oxygen atoms in total. The normalized spacial score (nSPS) is 9.52. The van der Waals surface area contributed by atoms with Gasteiger partial charge in [-0.3, -0.25) is 24.0 Å². The van der Waals surface area contributed by atoms with Crippen LogP contribution in [0.4, 0.5) is 11.4 Å². The van der Waals surface area contributed by atoms with Crippen LogP contribution in [0.1, 0.15) is 281 Å². The molecule has 0 aromatic heterocycles. The summed E-state index contributed by atoms with van der Waals surface area (Å²) in [5, 5.41) is 3.57. The summed E-state index contributed by atoms with van der Waals surface area (Å²) in [6.07, 6.45) is 4.92. The Hall–Kier alpha value is -3.86. The third-order valence-corrected chi connectivity index (χ3v) is 16.2. The van der Waals surface area contributed by atoms with Gasteiger partial charge in [-0.05, 0) is 139 Å². The number of ketones is 2. The number of benzene rings is 4. The number of carbonyl (C=O) groups is 5. The van der Waals surface area contributed by atoms with Crippen molar-refractivity contribution in [3.8, 4) is 11.1 Å². The Morgan fingerprint density at radius 2 is 0.933 bits per heavy atom. The van der Waals surface area contributed by atoms with Crippen LogP contribution in [0.25, 0.3) is 17.2 Å². The molecule has 0 heterocycles. The highest BCUT2D eigenvalue weighted by Gasteiger charge is 2.30. The number of nitrogens with two attached hydrogens (primary N) is 1. The molecule has 3 N–H and O–H groups in total. The minimum Gasteiger partial charge on any atom is -0.397 e. The second-order valence-electron chi connectivity index (χ2n) is 23.5. The number of Topliss-reactive ketones (excluding diaryl/α,β-unsaturated/α-hetero) is 1. The largest absolute Gasteiger partial charge is 0.397 e. The molecule has 0 bridgehead atoms. The minimum absolute atomic E-state index is 0.0278. The second kappa shape index (κ2) is 70.0. The fourth-order valence-electron chi connectivity index (χ4n) is 5.84. The van der Waals surface area contributed by atoms with Crippen LogP contribution in [0.5, 0.6) is 0 Å². The van der Waals surface area contributed by atoms with Gasteiger partial charge in [-0.15, -0.1) is 0 Å². The van der Waals surface area contributed by atoms with E-state index in [0.29, 0.717) is 46.5 Å². The van der Waals surface area contributed by atoms with Crippen molar-refractivity contribution in [2.45, 2.75) is 278 Å². The minimum atomic E-state index is -0.920. The molecule has 11 heteroatoms. The lowest BCUT2D eigenvalue weighted by Gasteiger charge is -2.20. The van der Waals surface area contributed by atoms with E-state index in [2.05, 4.69) is 202 Å². The van der Waals surface area contributed by atoms with Crippen molar-refractivity contribution in [2.24, 2.45) is 17.8 Å². The third kappa shape index (κ3) is 69.9. The number of rotatable bonds is 13. The first-order valence-electron chi connectivity index (χ1n) is 33.6. The van der Waals surface area contributed by atoms with Gasteiger partial charge in [0.2, 0.25) is 5.91 Å². The van der Waals surface area contributed by atoms with Crippen LogP contribution in [0.15, 0.2) is 91.0 Å². The number of hydrogen-bond donors (Lipinski definition) is 2. The van der Waals surface area contributed by atoms with Crippen molar-refractivity contribution >= 4 is 100 Å². The highest BCUT2D eigenvalue weighted by molar-refractivity contribution is 14.1. The number of thioether (sulfide) groups is 1. The first kappa shape index (κ1) is 107. The molecule has 4 aromatic carbocycles. The van der Waals surface area contributed by atoms with Gasteiger partial charge in [-0.25, -0.2) is 0 Å². The van der Waals surface area contributed by atoms with E-state index in [4.69, 9.17) is 5.73 Å². The van der Waals surface area contributed by atoms with Crippen LogP contribution in [-0.2, 0) is 19.2 Å². The van der Waals surface area contributed by atoms with E-state index in [9.17, 15) is 24.0 Å². The Bertz CT molecular complexity index is 2270. The molecule has 0 spiro atoms. The van der Waals surface area contributed by atoms with Crippen molar-refractivity contribution in [3.05, 3.63) is 117 Å². The first-order chi connectivity index (χ1) is 41.3. The molecule has 4 aromatic rings. The third-order valence-electron chi connectivity index (χ3n) is 10.5. The van der Waals surface area contributed by atoms with Gasteiger partial charge in [-0.1, -0.05) is 291 Å². The van der Waals surface area contributed by atoms with Crippen molar-refractivity contribution in [1.29, 1.82) is 0 Å². The Kier molecular flexibility index (Phi) is 84.0. The zero-order valence-corrected chi connectivity index (χ0v) is 68.9. The van der Waals surface area contributed by atoms with Gasteiger partial charge in [0, 0.05) is 54.4 Å². The molecule has 0 saturated carbocycles. The zero-order valence-electron chi connectivity index (χ0n) is 65.1. The van der Waals surface area contributed by atoms with E-state index in [-0.39, 0.29) is 16.8 Å². The molecule has 0 aliphatic carbocycles. The average molecular weight is 1390 g/mol. The Morgan fingerprint density at radius 3 is 1.20 bits per heavy atom. The SMILES string of the molecule is CB(c1ccccc1)C(C)C.CC.CC.CC.CC.CC.CC.CC(=O)/C=C/c1cc(C(C)C)cc(-c2ccccc2)c1NC(C)=O.CC(=O)C[P+](C)(C)C(C)C.CC(=O)SC(C)C.CC(C)C.CC(C)C.CC(C)C.CC(C)c1cc(I)c(N)c(C=O)c1. The van der Waals surface area contributed by atoms with Gasteiger partial charge in [-0.2, -0.15) is 0 Å². The van der Waals surface area contributed by atoms with Gasteiger partial charge in [0.1, 0.15) is 6.16 Å². The van der Waals surface area contributed by atoms with E-state index in [1.807, 2.05) is 145 Å². The van der Waals surface area contributed by atoms with Crippen molar-refractivity contribution in [1.82, 2.24) is 0 Å². The highest BCUT2D eigenvalue weighted by Crippen LogP contribution is 2.55. The molecule has 0 aliphatic heterocycles. The molecule has 0 unspecified atom stereocenters. The molecule has 516 valence electrons. The summed E-state index contributed by atoms with van der Waals surface area (Å²) in [5.41, 5.74) is 14.9. The second-order valence-corrected chi connectivity index (χ2v) is 31.3. The average Bonchev–Trinajstić information content (AvgIpc) is 2.83. The number of halogens is 1. The van der Waals surface area contributed by atoms with E-state index in [1.54, 1.807) is 19.9 Å². The zero-order chi connectivity index (χ0) is 72.9. The maximum Gasteiger partial charge on any atom is 0.221 e. The van der Waals surface area contributed by atoms with Gasteiger partial charge in [0.15, 0.2) is 29.7 Å².